The van der Waals surface area contributed by atoms with Crippen molar-refractivity contribution in [1.82, 2.24) is 4.98 Å². The largest absolute Gasteiger partial charge is 0.321 e. The van der Waals surface area contributed by atoms with E-state index in [2.05, 4.69) is 10.3 Å². The molecule has 3 heteroatoms. The van der Waals surface area contributed by atoms with E-state index in [-0.39, 0.29) is 5.91 Å². The van der Waals surface area contributed by atoms with Crippen LogP contribution in [0.1, 0.15) is 16.1 Å². The first kappa shape index (κ1) is 10.4. The lowest BCUT2D eigenvalue weighted by atomic mass is 10.2. The molecule has 0 fully saturated rings. The molecule has 80 valence electrons. The molecule has 1 aromatic carbocycles. The van der Waals surface area contributed by atoms with Crippen molar-refractivity contribution in [3.8, 4) is 0 Å². The first-order chi connectivity index (χ1) is 7.75. The maximum Gasteiger partial charge on any atom is 0.274 e. The van der Waals surface area contributed by atoms with Crippen LogP contribution in [-0.4, -0.2) is 10.9 Å². The third-order valence-corrected chi connectivity index (χ3v) is 2.18. The Morgan fingerprint density at radius 2 is 1.88 bits per heavy atom. The predicted molar refractivity (Wildman–Crippen MR) is 63.4 cm³/mol. The van der Waals surface area contributed by atoms with Crippen LogP contribution in [0.5, 0.6) is 0 Å². The highest BCUT2D eigenvalue weighted by Crippen LogP contribution is 2.07. The molecular formula is C13H12N2O. The summed E-state index contributed by atoms with van der Waals surface area (Å²) >= 11 is 0. The summed E-state index contributed by atoms with van der Waals surface area (Å²) < 4.78 is 0. The van der Waals surface area contributed by atoms with Crippen molar-refractivity contribution in [2.75, 3.05) is 5.32 Å². The van der Waals surface area contributed by atoms with E-state index >= 15 is 0 Å². The highest BCUT2D eigenvalue weighted by atomic mass is 16.1. The number of rotatable bonds is 2. The zero-order valence-corrected chi connectivity index (χ0v) is 8.97. The Hall–Kier alpha value is -2.16. The predicted octanol–water partition coefficient (Wildman–Crippen LogP) is 2.64. The Labute approximate surface area is 94.1 Å². The van der Waals surface area contributed by atoms with Gasteiger partial charge in [0.25, 0.3) is 5.91 Å². The molecule has 1 N–H and O–H groups in total. The Morgan fingerprint density at radius 1 is 1.12 bits per heavy atom. The van der Waals surface area contributed by atoms with E-state index in [4.69, 9.17) is 0 Å². The second-order valence-electron chi connectivity index (χ2n) is 3.54. The average molecular weight is 212 g/mol. The molecule has 16 heavy (non-hydrogen) atoms. The molecule has 0 atom stereocenters. The van der Waals surface area contributed by atoms with Crippen LogP contribution >= 0.6 is 0 Å². The number of hydrogen-bond acceptors (Lipinski definition) is 2. The van der Waals surface area contributed by atoms with Crippen LogP contribution in [-0.2, 0) is 0 Å². The van der Waals surface area contributed by atoms with Crippen molar-refractivity contribution in [3.63, 3.8) is 0 Å². The number of amides is 1. The smallest absolute Gasteiger partial charge is 0.274 e. The number of nitrogens with one attached hydrogen (secondary N) is 1. The number of benzene rings is 1. The molecule has 0 spiro atoms. The van der Waals surface area contributed by atoms with Crippen molar-refractivity contribution in [1.29, 1.82) is 0 Å². The first-order valence-electron chi connectivity index (χ1n) is 5.05. The zero-order chi connectivity index (χ0) is 11.4. The number of carbonyl (C=O) groups excluding carboxylic acids is 1. The number of anilines is 1. The van der Waals surface area contributed by atoms with Crippen LogP contribution in [0, 0.1) is 6.92 Å². The van der Waals surface area contributed by atoms with Crippen LogP contribution in [0.2, 0.25) is 0 Å². The van der Waals surface area contributed by atoms with Crippen LogP contribution in [0.4, 0.5) is 5.69 Å². The quantitative estimate of drug-likeness (QED) is 0.831. The van der Waals surface area contributed by atoms with Crippen LogP contribution < -0.4 is 5.32 Å². The maximum atomic E-state index is 11.8. The van der Waals surface area contributed by atoms with Gasteiger partial charge in [-0.25, -0.2) is 0 Å². The van der Waals surface area contributed by atoms with Crippen LogP contribution in [0.25, 0.3) is 0 Å². The number of pyridine rings is 1. The van der Waals surface area contributed by atoms with Gasteiger partial charge in [0.1, 0.15) is 5.69 Å². The van der Waals surface area contributed by atoms with E-state index in [1.165, 1.54) is 0 Å². The molecule has 0 radical (unpaired) electrons. The molecule has 2 rings (SSSR count). The number of carbonyl (C=O) groups is 1. The van der Waals surface area contributed by atoms with E-state index in [1.54, 1.807) is 12.3 Å². The van der Waals surface area contributed by atoms with E-state index in [0.29, 0.717) is 5.69 Å². The average Bonchev–Trinajstić information content (AvgIpc) is 2.31. The lowest BCUT2D eigenvalue weighted by molar-refractivity contribution is 0.102. The number of hydrogen-bond donors (Lipinski definition) is 1. The highest BCUT2D eigenvalue weighted by molar-refractivity contribution is 6.02. The Balaban J connectivity index is 2.12. The van der Waals surface area contributed by atoms with Crippen molar-refractivity contribution in [3.05, 3.63) is 59.9 Å². The molecule has 0 bridgehead atoms. The van der Waals surface area contributed by atoms with Crippen molar-refractivity contribution >= 4 is 11.6 Å². The summed E-state index contributed by atoms with van der Waals surface area (Å²) in [5, 5.41) is 2.78. The Kier molecular flexibility index (Phi) is 2.96. The van der Waals surface area contributed by atoms with Gasteiger partial charge in [-0.2, -0.15) is 0 Å². The SMILES string of the molecule is Cc1ccc(C(=O)Nc2ccccc2)nc1. The van der Waals surface area contributed by atoms with Crippen LogP contribution in [0.15, 0.2) is 48.7 Å². The third kappa shape index (κ3) is 2.45. The fourth-order valence-corrected chi connectivity index (χ4v) is 1.32. The normalized spacial score (nSPS) is 9.81. The van der Waals surface area contributed by atoms with Gasteiger partial charge in [0.15, 0.2) is 0 Å². The molecule has 0 aliphatic carbocycles. The lowest BCUT2D eigenvalue weighted by Gasteiger charge is -2.04. The summed E-state index contributed by atoms with van der Waals surface area (Å²) in [6.45, 7) is 1.94. The second-order valence-corrected chi connectivity index (χ2v) is 3.54. The first-order valence-corrected chi connectivity index (χ1v) is 5.05. The number of aromatic nitrogens is 1. The van der Waals surface area contributed by atoms with E-state index in [9.17, 15) is 4.79 Å². The summed E-state index contributed by atoms with van der Waals surface area (Å²) in [5.41, 5.74) is 2.24. The Morgan fingerprint density at radius 3 is 2.50 bits per heavy atom. The highest BCUT2D eigenvalue weighted by Gasteiger charge is 2.06. The summed E-state index contributed by atoms with van der Waals surface area (Å²) in [4.78, 5) is 15.8. The molecule has 0 aliphatic heterocycles. The summed E-state index contributed by atoms with van der Waals surface area (Å²) in [5.74, 6) is -0.189. The molecule has 1 heterocycles. The molecule has 3 nitrogen and oxygen atoms in total. The van der Waals surface area contributed by atoms with Gasteiger partial charge in [0.05, 0.1) is 0 Å². The maximum absolute atomic E-state index is 11.8. The fraction of sp³-hybridized carbons (Fsp3) is 0.0769. The molecule has 0 saturated heterocycles. The van der Waals surface area contributed by atoms with Gasteiger partial charge in [0, 0.05) is 11.9 Å². The molecule has 0 aliphatic rings. The minimum atomic E-state index is -0.189. The topological polar surface area (TPSA) is 42.0 Å². The molecule has 1 aromatic heterocycles. The van der Waals surface area contributed by atoms with E-state index in [0.717, 1.165) is 11.3 Å². The number of para-hydroxylation sites is 1. The molecule has 1 amide bonds. The van der Waals surface area contributed by atoms with E-state index < -0.39 is 0 Å². The van der Waals surface area contributed by atoms with Gasteiger partial charge in [-0.05, 0) is 30.7 Å². The van der Waals surface area contributed by atoms with E-state index in [1.807, 2.05) is 43.3 Å². The monoisotopic (exact) mass is 212 g/mol. The van der Waals surface area contributed by atoms with Crippen molar-refractivity contribution in [2.45, 2.75) is 6.92 Å². The Bertz CT molecular complexity index is 477. The second kappa shape index (κ2) is 4.57. The van der Waals surface area contributed by atoms with Crippen molar-refractivity contribution in [2.24, 2.45) is 0 Å². The van der Waals surface area contributed by atoms with Gasteiger partial charge < -0.3 is 5.32 Å². The molecular weight excluding hydrogens is 200 g/mol. The summed E-state index contributed by atoms with van der Waals surface area (Å²) in [6.07, 6.45) is 1.68. The molecule has 0 unspecified atom stereocenters. The van der Waals surface area contributed by atoms with Gasteiger partial charge in [-0.3, -0.25) is 9.78 Å². The van der Waals surface area contributed by atoms with Gasteiger partial charge in [-0.1, -0.05) is 24.3 Å². The van der Waals surface area contributed by atoms with Crippen molar-refractivity contribution < 1.29 is 4.79 Å². The minimum absolute atomic E-state index is 0.189. The lowest BCUT2D eigenvalue weighted by Crippen LogP contribution is -2.13. The molecule has 2 aromatic rings. The fourth-order valence-electron chi connectivity index (χ4n) is 1.32. The number of aryl methyl sites for hydroxylation is 1. The van der Waals surface area contributed by atoms with Gasteiger partial charge in [-0.15, -0.1) is 0 Å². The zero-order valence-electron chi connectivity index (χ0n) is 8.97. The standard InChI is InChI=1S/C13H12N2O/c1-10-7-8-12(14-9-10)13(16)15-11-5-3-2-4-6-11/h2-9H,1H3,(H,15,16). The van der Waals surface area contributed by atoms with Gasteiger partial charge in [0.2, 0.25) is 0 Å². The number of nitrogens with zero attached hydrogens (tertiary/aromatic N) is 1. The summed E-state index contributed by atoms with van der Waals surface area (Å²) in [6, 6.07) is 12.9. The van der Waals surface area contributed by atoms with Crippen LogP contribution in [0.3, 0.4) is 0 Å². The minimum Gasteiger partial charge on any atom is -0.321 e. The summed E-state index contributed by atoms with van der Waals surface area (Å²) in [7, 11) is 0. The molecule has 0 saturated carbocycles. The third-order valence-electron chi connectivity index (χ3n) is 2.18. The van der Waals surface area contributed by atoms with Gasteiger partial charge >= 0.3 is 0 Å².